The van der Waals surface area contributed by atoms with Crippen LogP contribution in [0.15, 0.2) is 55.0 Å². The van der Waals surface area contributed by atoms with E-state index in [1.807, 2.05) is 18.5 Å². The van der Waals surface area contributed by atoms with E-state index in [0.29, 0.717) is 0 Å². The molecule has 31 heavy (non-hydrogen) atoms. The maximum atomic E-state index is 6.59. The van der Waals surface area contributed by atoms with Crippen LogP contribution in [0.3, 0.4) is 0 Å². The summed E-state index contributed by atoms with van der Waals surface area (Å²) in [6.07, 6.45) is 7.92. The van der Waals surface area contributed by atoms with Crippen LogP contribution in [0.5, 0.6) is 0 Å². The van der Waals surface area contributed by atoms with Gasteiger partial charge in [0.1, 0.15) is 22.9 Å². The lowest BCUT2D eigenvalue weighted by Crippen LogP contribution is -2.47. The number of nitrogens with two attached hydrogens (primary N) is 1. The third kappa shape index (κ3) is 3.63. The minimum absolute atomic E-state index is 0.191. The Kier molecular flexibility index (Phi) is 5.06. The molecule has 0 radical (unpaired) electrons. The molecular formula is C24H31N7. The molecule has 1 saturated heterocycles. The molecule has 4 aromatic heterocycles. The van der Waals surface area contributed by atoms with E-state index in [2.05, 4.69) is 74.1 Å². The van der Waals surface area contributed by atoms with Crippen LogP contribution in [0, 0.1) is 0 Å². The van der Waals surface area contributed by atoms with E-state index >= 15 is 0 Å². The molecule has 0 atom stereocenters. The molecule has 162 valence electrons. The second kappa shape index (κ2) is 7.89. The van der Waals surface area contributed by atoms with Crippen molar-refractivity contribution in [3.8, 4) is 0 Å². The van der Waals surface area contributed by atoms with E-state index in [9.17, 15) is 0 Å². The highest BCUT2D eigenvalue weighted by Crippen LogP contribution is 2.24. The molecule has 0 saturated carbocycles. The number of anilines is 2. The van der Waals surface area contributed by atoms with Crippen LogP contribution < -0.4 is 15.5 Å². The maximum absolute atomic E-state index is 6.59. The average molecular weight is 418 g/mol. The fraction of sp³-hybridized carbons (Fsp3) is 0.417. The first-order valence-corrected chi connectivity index (χ1v) is 11.3. The summed E-state index contributed by atoms with van der Waals surface area (Å²) in [5.74, 6) is 2.24. The van der Waals surface area contributed by atoms with Gasteiger partial charge in [-0.2, -0.15) is 0 Å². The summed E-state index contributed by atoms with van der Waals surface area (Å²) in [4.78, 5) is 14.3. The Bertz CT molecular complexity index is 1180. The molecule has 1 fully saturated rings. The van der Waals surface area contributed by atoms with Gasteiger partial charge in [-0.25, -0.2) is 9.97 Å². The number of imidazole rings is 1. The standard InChI is InChI=1S/C24H31N7/c1-3-24(25,4-2)18-30-12-10-19-8-9-21(27-23(19)30)28-14-16-29(17-15-28)22-7-5-6-20-26-11-13-31(20)22/h5-13H,3-4,14-18,25H2,1-2H3. The molecule has 5 rings (SSSR count). The van der Waals surface area contributed by atoms with Gasteiger partial charge in [0.2, 0.25) is 0 Å². The Balaban J connectivity index is 1.35. The largest absolute Gasteiger partial charge is 0.354 e. The minimum atomic E-state index is -0.191. The normalized spacial score (nSPS) is 15.3. The first-order chi connectivity index (χ1) is 15.1. The van der Waals surface area contributed by atoms with Crippen molar-refractivity contribution >= 4 is 28.3 Å². The van der Waals surface area contributed by atoms with Gasteiger partial charge in [0.25, 0.3) is 0 Å². The molecule has 7 heteroatoms. The lowest BCUT2D eigenvalue weighted by Gasteiger charge is -2.37. The zero-order valence-corrected chi connectivity index (χ0v) is 18.4. The third-order valence-corrected chi connectivity index (χ3v) is 6.82. The van der Waals surface area contributed by atoms with Crippen LogP contribution in [0.2, 0.25) is 0 Å². The van der Waals surface area contributed by atoms with E-state index in [-0.39, 0.29) is 5.54 Å². The Hall–Kier alpha value is -3.06. The van der Waals surface area contributed by atoms with Crippen molar-refractivity contribution in [2.75, 3.05) is 36.0 Å². The zero-order valence-electron chi connectivity index (χ0n) is 18.4. The van der Waals surface area contributed by atoms with Gasteiger partial charge in [0.15, 0.2) is 0 Å². The molecule has 4 aromatic rings. The number of piperazine rings is 1. The third-order valence-electron chi connectivity index (χ3n) is 6.82. The summed E-state index contributed by atoms with van der Waals surface area (Å²) in [5.41, 5.74) is 8.42. The van der Waals surface area contributed by atoms with E-state index < -0.39 is 0 Å². The number of pyridine rings is 2. The molecule has 0 unspecified atom stereocenters. The van der Waals surface area contributed by atoms with Crippen molar-refractivity contribution in [1.82, 2.24) is 18.9 Å². The predicted octanol–water partition coefficient (Wildman–Crippen LogP) is 3.53. The molecule has 0 amide bonds. The Morgan fingerprint density at radius 3 is 2.48 bits per heavy atom. The fourth-order valence-electron chi connectivity index (χ4n) is 4.52. The van der Waals surface area contributed by atoms with Crippen molar-refractivity contribution in [2.24, 2.45) is 5.73 Å². The Morgan fingerprint density at radius 1 is 0.935 bits per heavy atom. The number of rotatable bonds is 6. The SMILES string of the molecule is CCC(N)(CC)Cn1ccc2ccc(N3CCN(c4cccc5nccn45)CC3)nc21. The van der Waals surface area contributed by atoms with Crippen molar-refractivity contribution in [3.05, 3.63) is 55.0 Å². The van der Waals surface area contributed by atoms with Crippen molar-refractivity contribution < 1.29 is 0 Å². The van der Waals surface area contributed by atoms with Gasteiger partial charge in [0, 0.05) is 62.2 Å². The van der Waals surface area contributed by atoms with E-state index in [1.165, 1.54) is 11.2 Å². The Labute approximate surface area is 183 Å². The van der Waals surface area contributed by atoms with Crippen LogP contribution in [0.25, 0.3) is 16.7 Å². The average Bonchev–Trinajstić information content (AvgIpc) is 3.46. The molecule has 0 spiro atoms. The molecule has 2 N–H and O–H groups in total. The predicted molar refractivity (Wildman–Crippen MR) is 127 cm³/mol. The quantitative estimate of drug-likeness (QED) is 0.520. The lowest BCUT2D eigenvalue weighted by atomic mass is 9.94. The number of hydrogen-bond acceptors (Lipinski definition) is 5. The van der Waals surface area contributed by atoms with Gasteiger partial charge in [0.05, 0.1) is 0 Å². The highest BCUT2D eigenvalue weighted by molar-refractivity contribution is 5.78. The monoisotopic (exact) mass is 417 g/mol. The van der Waals surface area contributed by atoms with Gasteiger partial charge >= 0.3 is 0 Å². The zero-order chi connectivity index (χ0) is 21.4. The summed E-state index contributed by atoms with van der Waals surface area (Å²) in [7, 11) is 0. The van der Waals surface area contributed by atoms with Gasteiger partial charge in [-0.05, 0) is 43.2 Å². The van der Waals surface area contributed by atoms with Crippen LogP contribution >= 0.6 is 0 Å². The van der Waals surface area contributed by atoms with Crippen LogP contribution in [-0.2, 0) is 6.54 Å². The van der Waals surface area contributed by atoms with Crippen molar-refractivity contribution in [2.45, 2.75) is 38.8 Å². The van der Waals surface area contributed by atoms with Crippen molar-refractivity contribution in [1.29, 1.82) is 0 Å². The molecule has 1 aliphatic heterocycles. The molecule has 7 nitrogen and oxygen atoms in total. The second-order valence-corrected chi connectivity index (χ2v) is 8.61. The summed E-state index contributed by atoms with van der Waals surface area (Å²) < 4.78 is 4.38. The smallest absolute Gasteiger partial charge is 0.142 e. The van der Waals surface area contributed by atoms with Crippen molar-refractivity contribution in [3.63, 3.8) is 0 Å². The maximum Gasteiger partial charge on any atom is 0.142 e. The first kappa shape index (κ1) is 19.9. The summed E-state index contributed by atoms with van der Waals surface area (Å²) in [6, 6.07) is 12.8. The topological polar surface area (TPSA) is 67.6 Å². The summed E-state index contributed by atoms with van der Waals surface area (Å²) in [5, 5.41) is 1.17. The molecular weight excluding hydrogens is 386 g/mol. The second-order valence-electron chi connectivity index (χ2n) is 8.61. The molecule has 0 aromatic carbocycles. The highest BCUT2D eigenvalue weighted by Gasteiger charge is 2.23. The van der Waals surface area contributed by atoms with Gasteiger partial charge < -0.3 is 20.1 Å². The van der Waals surface area contributed by atoms with Gasteiger partial charge in [-0.15, -0.1) is 0 Å². The summed E-state index contributed by atoms with van der Waals surface area (Å²) >= 11 is 0. The van der Waals surface area contributed by atoms with Gasteiger partial charge in [-0.3, -0.25) is 4.40 Å². The fourth-order valence-corrected chi connectivity index (χ4v) is 4.52. The number of hydrogen-bond donors (Lipinski definition) is 1. The Morgan fingerprint density at radius 2 is 1.71 bits per heavy atom. The van der Waals surface area contributed by atoms with Crippen LogP contribution in [0.4, 0.5) is 11.6 Å². The molecule has 1 aliphatic rings. The first-order valence-electron chi connectivity index (χ1n) is 11.3. The lowest BCUT2D eigenvalue weighted by molar-refractivity contribution is 0.343. The van der Waals surface area contributed by atoms with Crippen LogP contribution in [0.1, 0.15) is 26.7 Å². The minimum Gasteiger partial charge on any atom is -0.354 e. The van der Waals surface area contributed by atoms with E-state index in [4.69, 9.17) is 10.7 Å². The van der Waals surface area contributed by atoms with Gasteiger partial charge in [-0.1, -0.05) is 19.9 Å². The number of nitrogens with zero attached hydrogens (tertiary/aromatic N) is 6. The summed E-state index contributed by atoms with van der Waals surface area (Å²) in [6.45, 7) is 8.91. The molecule has 5 heterocycles. The number of aromatic nitrogens is 4. The van der Waals surface area contributed by atoms with E-state index in [0.717, 1.165) is 62.7 Å². The highest BCUT2D eigenvalue weighted by atomic mass is 15.3. The molecule has 0 aliphatic carbocycles. The number of fused-ring (bicyclic) bond motifs is 2. The van der Waals surface area contributed by atoms with Crippen LogP contribution in [-0.4, -0.2) is 50.7 Å². The van der Waals surface area contributed by atoms with E-state index in [1.54, 1.807) is 0 Å². The molecule has 0 bridgehead atoms.